The molecule has 512 valence electrons. The van der Waals surface area contributed by atoms with Crippen molar-refractivity contribution in [1.29, 1.82) is 0 Å². The Kier molecular flexibility index (Phi) is 74.8. The molecule has 0 aliphatic carbocycles. The first kappa shape index (κ1) is 84.6. The number of carbonyl (C=O) groups is 2. The molecule has 0 heterocycles. The molecule has 0 rings (SSSR count). The predicted molar refractivity (Wildman–Crippen MR) is 380 cm³/mol. The number of nitrogens with one attached hydrogen (secondary N) is 1. The van der Waals surface area contributed by atoms with Gasteiger partial charge in [0.25, 0.3) is 0 Å². The molecular formula is C80H157NO5. The van der Waals surface area contributed by atoms with E-state index in [1.54, 1.807) is 6.08 Å². The summed E-state index contributed by atoms with van der Waals surface area (Å²) in [5, 5.41) is 23.3. The Hall–Kier alpha value is -1.40. The van der Waals surface area contributed by atoms with E-state index in [4.69, 9.17) is 4.74 Å². The maximum atomic E-state index is 12.5. The van der Waals surface area contributed by atoms with Crippen molar-refractivity contribution in [1.82, 2.24) is 5.32 Å². The highest BCUT2D eigenvalue weighted by atomic mass is 16.5. The molecule has 0 radical (unpaired) electrons. The summed E-state index contributed by atoms with van der Waals surface area (Å²) in [6, 6.07) is -0.625. The maximum absolute atomic E-state index is 12.5. The van der Waals surface area contributed by atoms with Gasteiger partial charge in [0.15, 0.2) is 0 Å². The molecule has 0 fully saturated rings. The number of ether oxygens (including phenoxy) is 1. The van der Waals surface area contributed by atoms with E-state index in [0.717, 1.165) is 38.5 Å². The normalized spacial score (nSPS) is 12.5. The molecule has 6 nitrogen and oxygen atoms in total. The van der Waals surface area contributed by atoms with Crippen LogP contribution >= 0.6 is 0 Å². The van der Waals surface area contributed by atoms with Crippen molar-refractivity contribution < 1.29 is 24.5 Å². The molecule has 0 aliphatic heterocycles. The molecule has 1 amide bonds. The van der Waals surface area contributed by atoms with Crippen LogP contribution in [-0.4, -0.2) is 47.4 Å². The van der Waals surface area contributed by atoms with Gasteiger partial charge in [-0.05, 0) is 32.1 Å². The van der Waals surface area contributed by atoms with Crippen molar-refractivity contribution in [2.75, 3.05) is 13.2 Å². The van der Waals surface area contributed by atoms with Crippen LogP contribution in [0.4, 0.5) is 0 Å². The third-order valence-electron chi connectivity index (χ3n) is 19.1. The second-order valence-corrected chi connectivity index (χ2v) is 27.8. The quantitative estimate of drug-likeness (QED) is 0.0320. The first-order valence-electron chi connectivity index (χ1n) is 40.0. The van der Waals surface area contributed by atoms with Crippen LogP contribution in [0.2, 0.25) is 0 Å². The fourth-order valence-electron chi connectivity index (χ4n) is 13.0. The van der Waals surface area contributed by atoms with Crippen LogP contribution in [-0.2, 0) is 14.3 Å². The van der Waals surface area contributed by atoms with Gasteiger partial charge in [0.05, 0.1) is 25.4 Å². The lowest BCUT2D eigenvalue weighted by atomic mass is 10.0. The SMILES string of the molecule is CCCCCCCCCCCCCCCCCCCCCC/C=C/C(O)C(CO)NC(=O)CCCCCCCCCCCCCCCCCCCCCCCCCCCCCCCCOC(=O)CCCCCCCCCCCCCCCCCCC. The molecular weight excluding hydrogens is 1050 g/mol. The second kappa shape index (κ2) is 76.1. The van der Waals surface area contributed by atoms with Gasteiger partial charge in [0.2, 0.25) is 5.91 Å². The second-order valence-electron chi connectivity index (χ2n) is 27.8. The summed E-state index contributed by atoms with van der Waals surface area (Å²) in [7, 11) is 0. The highest BCUT2D eigenvalue weighted by molar-refractivity contribution is 5.76. The minimum atomic E-state index is -0.842. The van der Waals surface area contributed by atoms with Crippen molar-refractivity contribution in [3.63, 3.8) is 0 Å². The Labute approximate surface area is 539 Å². The molecule has 86 heavy (non-hydrogen) atoms. The molecule has 3 N–H and O–H groups in total. The smallest absolute Gasteiger partial charge is 0.305 e. The van der Waals surface area contributed by atoms with Gasteiger partial charge in [-0.3, -0.25) is 9.59 Å². The van der Waals surface area contributed by atoms with Crippen molar-refractivity contribution in [2.45, 2.75) is 475 Å². The number of aliphatic hydroxyl groups excluding tert-OH is 2. The van der Waals surface area contributed by atoms with E-state index in [1.807, 2.05) is 6.08 Å². The summed E-state index contributed by atoms with van der Waals surface area (Å²) in [5.74, 6) is -0.0335. The number of amides is 1. The van der Waals surface area contributed by atoms with Crippen molar-refractivity contribution in [2.24, 2.45) is 0 Å². The monoisotopic (exact) mass is 1210 g/mol. The lowest BCUT2D eigenvalue weighted by Gasteiger charge is -2.20. The summed E-state index contributed by atoms with van der Waals surface area (Å²) in [5.41, 5.74) is 0. The fourth-order valence-corrected chi connectivity index (χ4v) is 13.0. The van der Waals surface area contributed by atoms with E-state index >= 15 is 0 Å². The summed E-state index contributed by atoms with van der Waals surface area (Å²) >= 11 is 0. The molecule has 0 aromatic heterocycles. The van der Waals surface area contributed by atoms with Crippen LogP contribution in [0.3, 0.4) is 0 Å². The zero-order valence-corrected chi connectivity index (χ0v) is 58.8. The molecule has 6 heteroatoms. The average molecular weight is 1210 g/mol. The summed E-state index contributed by atoms with van der Waals surface area (Å²) in [6.45, 7) is 4.97. The minimum absolute atomic E-state index is 0.0251. The van der Waals surface area contributed by atoms with E-state index in [2.05, 4.69) is 19.2 Å². The number of rotatable bonds is 76. The molecule has 0 aliphatic rings. The maximum Gasteiger partial charge on any atom is 0.305 e. The van der Waals surface area contributed by atoms with Gasteiger partial charge in [-0.2, -0.15) is 0 Å². The van der Waals surface area contributed by atoms with Crippen LogP contribution < -0.4 is 5.32 Å². The third kappa shape index (κ3) is 71.7. The van der Waals surface area contributed by atoms with Gasteiger partial charge >= 0.3 is 5.97 Å². The minimum Gasteiger partial charge on any atom is -0.466 e. The van der Waals surface area contributed by atoms with E-state index < -0.39 is 12.1 Å². The van der Waals surface area contributed by atoms with Gasteiger partial charge in [0, 0.05) is 12.8 Å². The molecule has 0 saturated heterocycles. The number of allylic oxidation sites excluding steroid dienone is 1. The molecule has 0 aromatic rings. The standard InChI is InChI=1S/C80H157NO5/c1-3-5-7-9-11-13-15-17-19-21-22-23-34-37-41-44-48-52-56-60-64-68-72-78(83)77(76-82)81-79(84)73-69-65-61-57-53-49-45-42-38-35-32-30-28-26-24-25-27-29-31-33-36-39-43-47-51-55-59-63-67-71-75-86-80(85)74-70-66-62-58-54-50-46-40-20-18-16-14-12-10-8-6-4-2/h68,72,77-78,82-83H,3-67,69-71,73-76H2,1-2H3,(H,81,84)/b72-68+. The molecule has 0 aromatic carbocycles. The van der Waals surface area contributed by atoms with Gasteiger partial charge in [0.1, 0.15) is 0 Å². The van der Waals surface area contributed by atoms with Crippen LogP contribution in [0.5, 0.6) is 0 Å². The lowest BCUT2D eigenvalue weighted by Crippen LogP contribution is -2.45. The van der Waals surface area contributed by atoms with Crippen molar-refractivity contribution >= 4 is 11.9 Å². The lowest BCUT2D eigenvalue weighted by molar-refractivity contribution is -0.143. The topological polar surface area (TPSA) is 95.9 Å². The molecule has 0 saturated carbocycles. The number of esters is 1. The number of aliphatic hydroxyl groups is 2. The average Bonchev–Trinajstić information content (AvgIpc) is 3.59. The Morgan fingerprint density at radius 2 is 0.535 bits per heavy atom. The first-order valence-corrected chi connectivity index (χ1v) is 40.0. The number of hydrogen-bond acceptors (Lipinski definition) is 5. The first-order chi connectivity index (χ1) is 42.5. The van der Waals surface area contributed by atoms with Crippen LogP contribution in [0.25, 0.3) is 0 Å². The van der Waals surface area contributed by atoms with Gasteiger partial charge < -0.3 is 20.3 Å². The van der Waals surface area contributed by atoms with Gasteiger partial charge in [-0.1, -0.05) is 431 Å². The van der Waals surface area contributed by atoms with E-state index in [1.165, 1.54) is 398 Å². The molecule has 2 unspecified atom stereocenters. The Morgan fingerprint density at radius 1 is 0.314 bits per heavy atom. The van der Waals surface area contributed by atoms with Crippen LogP contribution in [0.15, 0.2) is 12.2 Å². The van der Waals surface area contributed by atoms with E-state index in [0.29, 0.717) is 19.4 Å². The Morgan fingerprint density at radius 3 is 0.791 bits per heavy atom. The van der Waals surface area contributed by atoms with E-state index in [9.17, 15) is 19.8 Å². The van der Waals surface area contributed by atoms with Crippen molar-refractivity contribution in [3.05, 3.63) is 12.2 Å². The van der Waals surface area contributed by atoms with Gasteiger partial charge in [-0.15, -0.1) is 0 Å². The van der Waals surface area contributed by atoms with Gasteiger partial charge in [-0.25, -0.2) is 0 Å². The number of carbonyl (C=O) groups excluding carboxylic acids is 2. The van der Waals surface area contributed by atoms with E-state index in [-0.39, 0.29) is 18.5 Å². The molecule has 0 bridgehead atoms. The van der Waals surface area contributed by atoms with Crippen LogP contribution in [0.1, 0.15) is 463 Å². The molecule has 0 spiro atoms. The van der Waals surface area contributed by atoms with Crippen molar-refractivity contribution in [3.8, 4) is 0 Å². The predicted octanol–water partition coefficient (Wildman–Crippen LogP) is 26.3. The fraction of sp³-hybridized carbons (Fsp3) is 0.950. The van der Waals surface area contributed by atoms with Crippen LogP contribution in [0, 0.1) is 0 Å². The number of hydrogen-bond donors (Lipinski definition) is 3. The Balaban J connectivity index is 3.34. The zero-order valence-electron chi connectivity index (χ0n) is 58.8. The third-order valence-corrected chi connectivity index (χ3v) is 19.1. The summed E-state index contributed by atoms with van der Waals surface area (Å²) < 4.78 is 5.52. The summed E-state index contributed by atoms with van der Waals surface area (Å²) in [6.07, 6.45) is 96.2. The Bertz CT molecular complexity index is 1300. The highest BCUT2D eigenvalue weighted by Crippen LogP contribution is 2.20. The highest BCUT2D eigenvalue weighted by Gasteiger charge is 2.18. The summed E-state index contributed by atoms with van der Waals surface area (Å²) in [4.78, 5) is 24.7. The largest absolute Gasteiger partial charge is 0.466 e. The number of unbranched alkanes of at least 4 members (excludes halogenated alkanes) is 65. The molecule has 2 atom stereocenters. The zero-order chi connectivity index (χ0) is 62.0.